The Kier molecular flexibility index (Phi) is 10.9. The third-order valence-corrected chi connectivity index (χ3v) is 8.35. The number of anilines is 1. The summed E-state index contributed by atoms with van der Waals surface area (Å²) in [6.45, 7) is 11.1. The Hall–Kier alpha value is -3.85. The van der Waals surface area contributed by atoms with Gasteiger partial charge in [0.25, 0.3) is 10.0 Å². The number of benzene rings is 3. The van der Waals surface area contributed by atoms with Crippen LogP contribution in [0.1, 0.15) is 50.8 Å². The number of ether oxygens (including phenoxy) is 1. The number of para-hydroxylation sites is 2. The zero-order valence-electron chi connectivity index (χ0n) is 24.8. The summed E-state index contributed by atoms with van der Waals surface area (Å²) in [5, 5.41) is 2.91. The van der Waals surface area contributed by atoms with E-state index < -0.39 is 28.5 Å². The number of amides is 2. The maximum atomic E-state index is 14.2. The smallest absolute Gasteiger partial charge is 0.264 e. The van der Waals surface area contributed by atoms with Gasteiger partial charge < -0.3 is 15.0 Å². The topological polar surface area (TPSA) is 96.0 Å². The van der Waals surface area contributed by atoms with Gasteiger partial charge in [-0.25, -0.2) is 8.42 Å². The molecule has 0 saturated carbocycles. The average Bonchev–Trinajstić information content (AvgIpc) is 2.92. The summed E-state index contributed by atoms with van der Waals surface area (Å²) in [4.78, 5) is 29.0. The van der Waals surface area contributed by atoms with Crippen LogP contribution in [0, 0.1) is 13.8 Å². The minimum absolute atomic E-state index is 0.0528. The lowest BCUT2D eigenvalue weighted by Gasteiger charge is -2.34. The van der Waals surface area contributed by atoms with Crippen molar-refractivity contribution in [3.8, 4) is 5.75 Å². The molecule has 0 saturated heterocycles. The predicted molar refractivity (Wildman–Crippen MR) is 162 cm³/mol. The number of aryl methyl sites for hydroxylation is 2. The second-order valence-corrected chi connectivity index (χ2v) is 12.2. The molecule has 0 radical (unpaired) electrons. The van der Waals surface area contributed by atoms with Crippen LogP contribution in [0.25, 0.3) is 0 Å². The van der Waals surface area contributed by atoms with E-state index in [1.165, 1.54) is 17.0 Å². The molecular weight excluding hydrogens is 538 g/mol. The van der Waals surface area contributed by atoms with Crippen molar-refractivity contribution in [2.75, 3.05) is 17.5 Å². The lowest BCUT2D eigenvalue weighted by Crippen LogP contribution is -2.53. The molecule has 0 aromatic heterocycles. The van der Waals surface area contributed by atoms with Crippen LogP contribution in [-0.4, -0.2) is 50.4 Å². The van der Waals surface area contributed by atoms with Gasteiger partial charge in [0.2, 0.25) is 11.8 Å². The Balaban J connectivity index is 2.12. The zero-order valence-corrected chi connectivity index (χ0v) is 25.6. The van der Waals surface area contributed by atoms with Crippen molar-refractivity contribution in [2.24, 2.45) is 0 Å². The molecule has 3 aromatic rings. The highest BCUT2D eigenvalue weighted by Crippen LogP contribution is 2.33. The average molecular weight is 580 g/mol. The van der Waals surface area contributed by atoms with E-state index in [0.29, 0.717) is 18.8 Å². The third kappa shape index (κ3) is 8.10. The molecule has 0 spiro atoms. The Labute approximate surface area is 244 Å². The molecule has 0 aliphatic carbocycles. The van der Waals surface area contributed by atoms with Crippen molar-refractivity contribution in [3.05, 3.63) is 89.5 Å². The molecule has 0 fully saturated rings. The molecule has 0 aliphatic rings. The molecule has 1 N–H and O–H groups in total. The number of rotatable bonds is 13. The van der Waals surface area contributed by atoms with Crippen molar-refractivity contribution in [2.45, 2.75) is 71.5 Å². The predicted octanol–water partition coefficient (Wildman–Crippen LogP) is 5.23. The first-order valence-electron chi connectivity index (χ1n) is 13.9. The van der Waals surface area contributed by atoms with Crippen LogP contribution in [0.4, 0.5) is 5.69 Å². The van der Waals surface area contributed by atoms with E-state index in [9.17, 15) is 18.0 Å². The standard InChI is InChI=1S/C32H41N3O5S/c1-7-28(32(37)33-23(3)4)34(21-26-13-11-12-25(6)20-26)31(36)22-35(29-14-9-10-15-30(29)40-8-2)41(38,39)27-18-16-24(5)17-19-27/h9-20,23,28H,7-8,21-22H2,1-6H3,(H,33,37)/t28-/m1/s1. The minimum atomic E-state index is -4.19. The van der Waals surface area contributed by atoms with Gasteiger partial charge in [-0.1, -0.05) is 66.6 Å². The summed E-state index contributed by atoms with van der Waals surface area (Å²) in [6, 6.07) is 20.0. The van der Waals surface area contributed by atoms with Crippen molar-refractivity contribution in [1.82, 2.24) is 10.2 Å². The quantitative estimate of drug-likeness (QED) is 0.299. The number of nitrogens with zero attached hydrogens (tertiary/aromatic N) is 2. The summed E-state index contributed by atoms with van der Waals surface area (Å²) in [6.07, 6.45) is 0.357. The number of nitrogens with one attached hydrogen (secondary N) is 1. The minimum Gasteiger partial charge on any atom is -0.492 e. The number of hydrogen-bond donors (Lipinski definition) is 1. The van der Waals surface area contributed by atoms with Crippen molar-refractivity contribution >= 4 is 27.5 Å². The van der Waals surface area contributed by atoms with Crippen LogP contribution in [0.15, 0.2) is 77.7 Å². The highest BCUT2D eigenvalue weighted by Gasteiger charge is 2.34. The Bertz CT molecular complexity index is 1440. The van der Waals surface area contributed by atoms with E-state index in [4.69, 9.17) is 4.74 Å². The Morgan fingerprint density at radius 3 is 2.20 bits per heavy atom. The van der Waals surface area contributed by atoms with Crippen LogP contribution in [0.5, 0.6) is 5.75 Å². The summed E-state index contributed by atoms with van der Waals surface area (Å²) < 4.78 is 35.1. The van der Waals surface area contributed by atoms with Crippen molar-refractivity contribution in [1.29, 1.82) is 0 Å². The van der Waals surface area contributed by atoms with Gasteiger partial charge in [0.05, 0.1) is 17.2 Å². The van der Waals surface area contributed by atoms with Crippen LogP contribution in [-0.2, 0) is 26.2 Å². The highest BCUT2D eigenvalue weighted by molar-refractivity contribution is 7.92. The lowest BCUT2D eigenvalue weighted by molar-refractivity contribution is -0.140. The van der Waals surface area contributed by atoms with Gasteiger partial charge in [-0.2, -0.15) is 0 Å². The molecule has 9 heteroatoms. The molecule has 3 aromatic carbocycles. The second-order valence-electron chi connectivity index (χ2n) is 10.3. The van der Waals surface area contributed by atoms with Crippen LogP contribution in [0.2, 0.25) is 0 Å². The molecule has 0 aliphatic heterocycles. The monoisotopic (exact) mass is 579 g/mol. The first-order valence-corrected chi connectivity index (χ1v) is 15.4. The summed E-state index contributed by atoms with van der Waals surface area (Å²) in [5.74, 6) is -0.446. The SMILES string of the molecule is CCOc1ccccc1N(CC(=O)N(Cc1cccc(C)c1)[C@H](CC)C(=O)NC(C)C)S(=O)(=O)c1ccc(C)cc1. The number of hydrogen-bond acceptors (Lipinski definition) is 5. The molecule has 0 bridgehead atoms. The summed E-state index contributed by atoms with van der Waals surface area (Å²) >= 11 is 0. The molecule has 2 amide bonds. The molecule has 220 valence electrons. The maximum Gasteiger partial charge on any atom is 0.264 e. The zero-order chi connectivity index (χ0) is 30.2. The largest absolute Gasteiger partial charge is 0.492 e. The third-order valence-electron chi connectivity index (χ3n) is 6.57. The van der Waals surface area contributed by atoms with Crippen LogP contribution in [0.3, 0.4) is 0 Å². The molecule has 3 rings (SSSR count). The van der Waals surface area contributed by atoms with E-state index in [1.807, 2.05) is 65.8 Å². The first-order chi connectivity index (χ1) is 19.5. The highest BCUT2D eigenvalue weighted by atomic mass is 32.2. The molecule has 41 heavy (non-hydrogen) atoms. The number of carbonyl (C=O) groups is 2. The van der Waals surface area contributed by atoms with E-state index >= 15 is 0 Å². The Morgan fingerprint density at radius 2 is 1.59 bits per heavy atom. The van der Waals surface area contributed by atoms with Gasteiger partial charge in [-0.05, 0) is 70.9 Å². The van der Waals surface area contributed by atoms with Crippen molar-refractivity contribution < 1.29 is 22.7 Å². The van der Waals surface area contributed by atoms with Gasteiger partial charge >= 0.3 is 0 Å². The fraction of sp³-hybridized carbons (Fsp3) is 0.375. The molecule has 0 heterocycles. The molecule has 1 atom stereocenters. The van der Waals surface area contributed by atoms with Crippen LogP contribution < -0.4 is 14.4 Å². The maximum absolute atomic E-state index is 14.2. The fourth-order valence-corrected chi connectivity index (χ4v) is 6.02. The lowest BCUT2D eigenvalue weighted by atomic mass is 10.1. The molecule has 0 unspecified atom stereocenters. The van der Waals surface area contributed by atoms with E-state index in [-0.39, 0.29) is 29.1 Å². The normalized spacial score (nSPS) is 12.1. The van der Waals surface area contributed by atoms with Crippen molar-refractivity contribution in [3.63, 3.8) is 0 Å². The van der Waals surface area contributed by atoms with Gasteiger partial charge in [-0.3, -0.25) is 13.9 Å². The van der Waals surface area contributed by atoms with Gasteiger partial charge in [0.1, 0.15) is 18.3 Å². The van der Waals surface area contributed by atoms with Gasteiger partial charge in [0.15, 0.2) is 0 Å². The molecular formula is C32H41N3O5S. The number of sulfonamides is 1. The van der Waals surface area contributed by atoms with E-state index in [1.54, 1.807) is 36.4 Å². The molecule has 8 nitrogen and oxygen atoms in total. The number of carbonyl (C=O) groups excluding carboxylic acids is 2. The Morgan fingerprint density at radius 1 is 0.902 bits per heavy atom. The van der Waals surface area contributed by atoms with Crippen LogP contribution >= 0.6 is 0 Å². The summed E-state index contributed by atoms with van der Waals surface area (Å²) in [5.41, 5.74) is 3.02. The van der Waals surface area contributed by atoms with Gasteiger partial charge in [-0.15, -0.1) is 0 Å². The summed E-state index contributed by atoms with van der Waals surface area (Å²) in [7, 11) is -4.19. The fourth-order valence-electron chi connectivity index (χ4n) is 4.60. The van der Waals surface area contributed by atoms with E-state index in [2.05, 4.69) is 5.32 Å². The van der Waals surface area contributed by atoms with E-state index in [0.717, 1.165) is 21.0 Å². The first kappa shape index (κ1) is 31.7. The van der Waals surface area contributed by atoms with Gasteiger partial charge in [0, 0.05) is 12.6 Å². The second kappa shape index (κ2) is 14.2.